The zero-order chi connectivity index (χ0) is 14.8. The van der Waals surface area contributed by atoms with Crippen molar-refractivity contribution in [1.29, 1.82) is 0 Å². The van der Waals surface area contributed by atoms with Gasteiger partial charge < -0.3 is 5.11 Å². The third-order valence-electron chi connectivity index (χ3n) is 8.44. The van der Waals surface area contributed by atoms with Crippen molar-refractivity contribution >= 4 is 0 Å². The first-order valence-corrected chi connectivity index (χ1v) is 9.34. The van der Waals surface area contributed by atoms with Crippen LogP contribution in [-0.2, 0) is 0 Å². The van der Waals surface area contributed by atoms with E-state index in [9.17, 15) is 5.11 Å². The Hall–Kier alpha value is -0.300. The van der Waals surface area contributed by atoms with Crippen molar-refractivity contribution in [1.82, 2.24) is 0 Å². The van der Waals surface area contributed by atoms with Gasteiger partial charge in [-0.25, -0.2) is 0 Å². The first kappa shape index (κ1) is 14.3. The van der Waals surface area contributed by atoms with E-state index in [1.807, 2.05) is 0 Å². The second-order valence-corrected chi connectivity index (χ2v) is 9.18. The largest absolute Gasteiger partial charge is 0.389 e. The molecule has 118 valence electrons. The lowest BCUT2D eigenvalue weighted by Gasteiger charge is -2.59. The normalized spacial score (nSPS) is 56.2. The second kappa shape index (κ2) is 4.60. The highest BCUT2D eigenvalue weighted by Gasteiger charge is 2.57. The van der Waals surface area contributed by atoms with Crippen LogP contribution in [0.25, 0.3) is 0 Å². The molecule has 4 aliphatic carbocycles. The van der Waals surface area contributed by atoms with Crippen LogP contribution in [0.1, 0.15) is 72.1 Å². The average Bonchev–Trinajstić information content (AvgIpc) is 2.82. The fourth-order valence-electron chi connectivity index (χ4n) is 7.11. The van der Waals surface area contributed by atoms with E-state index >= 15 is 0 Å². The van der Waals surface area contributed by atoms with Crippen LogP contribution in [0.3, 0.4) is 0 Å². The third-order valence-corrected chi connectivity index (χ3v) is 8.44. The molecule has 0 bridgehead atoms. The minimum absolute atomic E-state index is 0.181. The standard InChI is InChI=1S/C20H32O/c1-13-11-15(21)12-14-6-7-16-17-5-4-9-19(17,2)10-8-18(16)20(13,14)3/h12-13,15-18,21H,4-11H2,1-3H3/t13?,15?,16-,17-,18+,19-,20-/m0/s1. The highest BCUT2D eigenvalue weighted by molar-refractivity contribution is 5.26. The summed E-state index contributed by atoms with van der Waals surface area (Å²) in [5.41, 5.74) is 2.65. The van der Waals surface area contributed by atoms with Crippen LogP contribution in [0.2, 0.25) is 0 Å². The van der Waals surface area contributed by atoms with Gasteiger partial charge in [-0.3, -0.25) is 0 Å². The highest BCUT2D eigenvalue weighted by Crippen LogP contribution is 2.66. The zero-order valence-electron chi connectivity index (χ0n) is 14.1. The van der Waals surface area contributed by atoms with Crippen LogP contribution < -0.4 is 0 Å². The van der Waals surface area contributed by atoms with Crippen LogP contribution in [0, 0.1) is 34.5 Å². The van der Waals surface area contributed by atoms with Gasteiger partial charge in [-0.1, -0.05) is 38.8 Å². The number of aliphatic hydroxyl groups is 1. The molecule has 0 saturated heterocycles. The molecule has 4 aliphatic rings. The van der Waals surface area contributed by atoms with Gasteiger partial charge in [-0.05, 0) is 79.4 Å². The molecule has 2 unspecified atom stereocenters. The van der Waals surface area contributed by atoms with E-state index in [4.69, 9.17) is 0 Å². The number of fused-ring (bicyclic) bond motifs is 5. The van der Waals surface area contributed by atoms with Gasteiger partial charge in [-0.2, -0.15) is 0 Å². The average molecular weight is 288 g/mol. The van der Waals surface area contributed by atoms with E-state index in [0.717, 1.165) is 24.2 Å². The summed E-state index contributed by atoms with van der Waals surface area (Å²) in [4.78, 5) is 0. The molecule has 1 nitrogen and oxygen atoms in total. The lowest BCUT2D eigenvalue weighted by molar-refractivity contribution is -0.0619. The topological polar surface area (TPSA) is 20.2 Å². The molecule has 1 heteroatoms. The Morgan fingerprint density at radius 3 is 2.71 bits per heavy atom. The molecule has 21 heavy (non-hydrogen) atoms. The van der Waals surface area contributed by atoms with Gasteiger partial charge in [-0.15, -0.1) is 0 Å². The van der Waals surface area contributed by atoms with Gasteiger partial charge in [0.25, 0.3) is 0 Å². The summed E-state index contributed by atoms with van der Waals surface area (Å²) in [6.07, 6.45) is 13.0. The first-order chi connectivity index (χ1) is 9.95. The smallest absolute Gasteiger partial charge is 0.0726 e. The van der Waals surface area contributed by atoms with Gasteiger partial charge >= 0.3 is 0 Å². The lowest BCUT2D eigenvalue weighted by Crippen LogP contribution is -2.52. The van der Waals surface area contributed by atoms with Crippen LogP contribution in [0.5, 0.6) is 0 Å². The second-order valence-electron chi connectivity index (χ2n) is 9.18. The van der Waals surface area contributed by atoms with Gasteiger partial charge in [0.2, 0.25) is 0 Å². The fraction of sp³-hybridized carbons (Fsp3) is 0.900. The van der Waals surface area contributed by atoms with E-state index in [1.54, 1.807) is 5.57 Å². The van der Waals surface area contributed by atoms with Gasteiger partial charge in [0.1, 0.15) is 0 Å². The molecule has 0 heterocycles. The van der Waals surface area contributed by atoms with E-state index in [-0.39, 0.29) is 6.10 Å². The quantitative estimate of drug-likeness (QED) is 0.626. The number of allylic oxidation sites excluding steroid dienone is 1. The van der Waals surface area contributed by atoms with Crippen molar-refractivity contribution in [2.75, 3.05) is 0 Å². The molecule has 0 aromatic heterocycles. The van der Waals surface area contributed by atoms with E-state index in [1.165, 1.54) is 44.9 Å². The van der Waals surface area contributed by atoms with Crippen molar-refractivity contribution in [3.05, 3.63) is 11.6 Å². The Balaban J connectivity index is 1.71. The van der Waals surface area contributed by atoms with Crippen LogP contribution in [0.15, 0.2) is 11.6 Å². The Labute approximate surface area is 130 Å². The van der Waals surface area contributed by atoms with Crippen LogP contribution in [-0.4, -0.2) is 11.2 Å². The number of rotatable bonds is 0. The van der Waals surface area contributed by atoms with E-state index in [2.05, 4.69) is 26.8 Å². The lowest BCUT2D eigenvalue weighted by atomic mass is 9.45. The van der Waals surface area contributed by atoms with Crippen molar-refractivity contribution in [2.45, 2.75) is 78.2 Å². The maximum absolute atomic E-state index is 10.1. The molecule has 7 atom stereocenters. The maximum atomic E-state index is 10.1. The molecule has 0 radical (unpaired) electrons. The van der Waals surface area contributed by atoms with Gasteiger partial charge in [0, 0.05) is 0 Å². The van der Waals surface area contributed by atoms with Crippen molar-refractivity contribution in [2.24, 2.45) is 34.5 Å². The van der Waals surface area contributed by atoms with Crippen LogP contribution in [0.4, 0.5) is 0 Å². The number of hydrogen-bond donors (Lipinski definition) is 1. The van der Waals surface area contributed by atoms with E-state index in [0.29, 0.717) is 16.7 Å². The monoisotopic (exact) mass is 288 g/mol. The maximum Gasteiger partial charge on any atom is 0.0726 e. The summed E-state index contributed by atoms with van der Waals surface area (Å²) in [7, 11) is 0. The molecule has 0 spiro atoms. The van der Waals surface area contributed by atoms with Gasteiger partial charge in [0.05, 0.1) is 6.10 Å². The fourth-order valence-corrected chi connectivity index (χ4v) is 7.11. The predicted molar refractivity (Wildman–Crippen MR) is 86.9 cm³/mol. The Morgan fingerprint density at radius 2 is 1.90 bits per heavy atom. The molecule has 3 fully saturated rings. The minimum Gasteiger partial charge on any atom is -0.389 e. The summed E-state index contributed by atoms with van der Waals surface area (Å²) < 4.78 is 0. The first-order valence-electron chi connectivity index (χ1n) is 9.34. The molecule has 3 saturated carbocycles. The molecule has 4 rings (SSSR count). The molecule has 1 N–H and O–H groups in total. The molecular formula is C20H32O. The summed E-state index contributed by atoms with van der Waals surface area (Å²) >= 11 is 0. The van der Waals surface area contributed by atoms with Gasteiger partial charge in [0.15, 0.2) is 0 Å². The molecule has 0 aliphatic heterocycles. The zero-order valence-corrected chi connectivity index (χ0v) is 14.1. The van der Waals surface area contributed by atoms with E-state index < -0.39 is 0 Å². The Bertz CT molecular complexity index is 466. The predicted octanol–water partition coefficient (Wildman–Crippen LogP) is 4.95. The molecule has 0 aromatic carbocycles. The Morgan fingerprint density at radius 1 is 1.10 bits per heavy atom. The third kappa shape index (κ3) is 1.85. The molecular weight excluding hydrogens is 256 g/mol. The summed E-state index contributed by atoms with van der Waals surface area (Å²) in [6.45, 7) is 7.54. The van der Waals surface area contributed by atoms with Crippen molar-refractivity contribution in [3.8, 4) is 0 Å². The van der Waals surface area contributed by atoms with Crippen molar-refractivity contribution < 1.29 is 5.11 Å². The van der Waals surface area contributed by atoms with Crippen LogP contribution >= 0.6 is 0 Å². The Kier molecular flexibility index (Phi) is 3.13. The summed E-state index contributed by atoms with van der Waals surface area (Å²) in [6, 6.07) is 0. The summed E-state index contributed by atoms with van der Waals surface area (Å²) in [5, 5.41) is 10.1. The molecule has 0 amide bonds. The van der Waals surface area contributed by atoms with Crippen molar-refractivity contribution in [3.63, 3.8) is 0 Å². The minimum atomic E-state index is -0.181. The summed E-state index contributed by atoms with van der Waals surface area (Å²) in [5.74, 6) is 3.49. The number of aliphatic hydroxyl groups excluding tert-OH is 1. The molecule has 0 aromatic rings. The highest BCUT2D eigenvalue weighted by atomic mass is 16.3. The number of hydrogen-bond acceptors (Lipinski definition) is 1. The SMILES string of the molecule is CC1CC(O)C=C2CC[C@@H]3[C@@H](CC[C@]4(C)CCC[C@@H]34)[C@]21C.